The minimum absolute atomic E-state index is 0.0546. The van der Waals surface area contributed by atoms with Crippen molar-refractivity contribution in [2.45, 2.75) is 32.7 Å². The van der Waals surface area contributed by atoms with Crippen molar-refractivity contribution in [3.8, 4) is 0 Å². The van der Waals surface area contributed by atoms with E-state index in [1.165, 1.54) is 5.56 Å². The largest absolute Gasteiger partial charge is 0.378 e. The molecular weight excluding hydrogens is 552 g/mol. The SMILES string of the molecule is Cc1ccc([C@@H](C)[C@H](c2ccc(Cl)cc2)n2c(C)ccc(C(=O)N3CCN(CC(=O)N4CCOCC4)CC3)c2=O)cc1. The lowest BCUT2D eigenvalue weighted by Gasteiger charge is -2.36. The second-order valence-corrected chi connectivity index (χ2v) is 11.8. The van der Waals surface area contributed by atoms with Crippen LogP contribution in [-0.4, -0.2) is 90.1 Å². The molecule has 0 bridgehead atoms. The molecule has 8 nitrogen and oxygen atoms in total. The zero-order chi connectivity index (χ0) is 29.8. The molecule has 2 fully saturated rings. The molecule has 0 saturated carbocycles. The lowest BCUT2D eigenvalue weighted by atomic mass is 9.87. The summed E-state index contributed by atoms with van der Waals surface area (Å²) in [5, 5.41) is 0.624. The second kappa shape index (κ2) is 13.2. The Morgan fingerprint density at radius 2 is 1.43 bits per heavy atom. The maximum atomic E-state index is 14.1. The van der Waals surface area contributed by atoms with Gasteiger partial charge in [-0.1, -0.05) is 60.5 Å². The number of piperazine rings is 1. The van der Waals surface area contributed by atoms with E-state index in [4.69, 9.17) is 16.3 Å². The van der Waals surface area contributed by atoms with E-state index in [-0.39, 0.29) is 34.9 Å². The Kier molecular flexibility index (Phi) is 9.46. The van der Waals surface area contributed by atoms with E-state index in [1.807, 2.05) is 42.2 Å². The number of hydrogen-bond acceptors (Lipinski definition) is 5. The Morgan fingerprint density at radius 1 is 0.810 bits per heavy atom. The molecule has 3 aromatic rings. The van der Waals surface area contributed by atoms with Gasteiger partial charge in [-0.15, -0.1) is 0 Å². The maximum absolute atomic E-state index is 14.1. The summed E-state index contributed by atoms with van der Waals surface area (Å²) < 4.78 is 7.11. The quantitative estimate of drug-likeness (QED) is 0.414. The van der Waals surface area contributed by atoms with E-state index in [0.717, 1.165) is 16.8 Å². The van der Waals surface area contributed by atoms with Crippen LogP contribution in [0.15, 0.2) is 65.5 Å². The number of hydrogen-bond donors (Lipinski definition) is 0. The maximum Gasteiger partial charge on any atom is 0.264 e. The number of aromatic nitrogens is 1. The summed E-state index contributed by atoms with van der Waals surface area (Å²) in [6, 6.07) is 19.1. The van der Waals surface area contributed by atoms with Crippen molar-refractivity contribution < 1.29 is 14.3 Å². The fourth-order valence-electron chi connectivity index (χ4n) is 5.91. The smallest absolute Gasteiger partial charge is 0.264 e. The summed E-state index contributed by atoms with van der Waals surface area (Å²) in [5.41, 5.74) is 3.85. The molecule has 2 aliphatic heterocycles. The fourth-order valence-corrected chi connectivity index (χ4v) is 6.04. The Labute approximate surface area is 252 Å². The Bertz CT molecular complexity index is 1460. The zero-order valence-electron chi connectivity index (χ0n) is 24.6. The number of aryl methyl sites for hydroxylation is 2. The van der Waals surface area contributed by atoms with Gasteiger partial charge in [0.25, 0.3) is 11.5 Å². The molecule has 0 spiro atoms. The molecule has 42 heavy (non-hydrogen) atoms. The van der Waals surface area contributed by atoms with Gasteiger partial charge in [0, 0.05) is 55.9 Å². The molecule has 2 aromatic carbocycles. The van der Waals surface area contributed by atoms with Crippen LogP contribution in [0.1, 0.15) is 51.6 Å². The van der Waals surface area contributed by atoms with Crippen molar-refractivity contribution in [1.29, 1.82) is 0 Å². The summed E-state index contributed by atoms with van der Waals surface area (Å²) in [6.07, 6.45) is 0. The standard InChI is InChI=1S/C33H39ClN4O4/c1-23-4-7-26(8-5-23)25(3)31(27-9-11-28(34)12-10-27)38-24(2)6-13-29(33(38)41)32(40)37-16-14-35(15-17-37)22-30(39)36-18-20-42-21-19-36/h4-13,25,31H,14-22H2,1-3H3/t25-,31-/m1/s1. The van der Waals surface area contributed by atoms with E-state index >= 15 is 0 Å². The van der Waals surface area contributed by atoms with Crippen LogP contribution in [0.5, 0.6) is 0 Å². The van der Waals surface area contributed by atoms with Crippen LogP contribution in [-0.2, 0) is 9.53 Å². The molecule has 3 heterocycles. The van der Waals surface area contributed by atoms with Gasteiger partial charge in [-0.25, -0.2) is 0 Å². The highest BCUT2D eigenvalue weighted by Gasteiger charge is 2.30. The number of carbonyl (C=O) groups is 2. The second-order valence-electron chi connectivity index (χ2n) is 11.3. The number of morpholine rings is 1. The third-order valence-electron chi connectivity index (χ3n) is 8.50. The lowest BCUT2D eigenvalue weighted by molar-refractivity contribution is -0.136. The van der Waals surface area contributed by atoms with Crippen LogP contribution in [0.3, 0.4) is 0 Å². The fraction of sp³-hybridized carbons (Fsp3) is 0.424. The van der Waals surface area contributed by atoms with Gasteiger partial charge in [0.15, 0.2) is 0 Å². The first-order valence-corrected chi connectivity index (χ1v) is 15.0. The first-order chi connectivity index (χ1) is 20.2. The Balaban J connectivity index is 1.38. The molecule has 5 rings (SSSR count). The molecular formula is C33H39ClN4O4. The molecule has 2 saturated heterocycles. The molecule has 0 unspecified atom stereocenters. The van der Waals surface area contributed by atoms with Crippen LogP contribution in [0, 0.1) is 13.8 Å². The summed E-state index contributed by atoms with van der Waals surface area (Å²) >= 11 is 6.22. The first-order valence-electron chi connectivity index (χ1n) is 14.6. The molecule has 222 valence electrons. The third kappa shape index (κ3) is 6.61. The number of amides is 2. The van der Waals surface area contributed by atoms with Crippen LogP contribution in [0.2, 0.25) is 5.02 Å². The van der Waals surface area contributed by atoms with Crippen molar-refractivity contribution in [3.05, 3.63) is 104 Å². The molecule has 1 aromatic heterocycles. The van der Waals surface area contributed by atoms with E-state index < -0.39 is 0 Å². The molecule has 0 aliphatic carbocycles. The highest BCUT2D eigenvalue weighted by molar-refractivity contribution is 6.30. The number of carbonyl (C=O) groups excluding carboxylic acids is 2. The van der Waals surface area contributed by atoms with Gasteiger partial charge >= 0.3 is 0 Å². The third-order valence-corrected chi connectivity index (χ3v) is 8.75. The minimum atomic E-state index is -0.340. The number of benzene rings is 2. The predicted molar refractivity (Wildman–Crippen MR) is 164 cm³/mol. The molecule has 9 heteroatoms. The van der Waals surface area contributed by atoms with E-state index in [2.05, 4.69) is 43.0 Å². The van der Waals surface area contributed by atoms with Crippen LogP contribution in [0.4, 0.5) is 0 Å². The van der Waals surface area contributed by atoms with Gasteiger partial charge in [0.1, 0.15) is 5.56 Å². The van der Waals surface area contributed by atoms with Crippen molar-refractivity contribution in [3.63, 3.8) is 0 Å². The Hall–Kier alpha value is -3.46. The number of ether oxygens (including phenoxy) is 1. The van der Waals surface area contributed by atoms with Crippen LogP contribution >= 0.6 is 11.6 Å². The van der Waals surface area contributed by atoms with Crippen LogP contribution in [0.25, 0.3) is 0 Å². The average Bonchev–Trinajstić information content (AvgIpc) is 3.00. The van der Waals surface area contributed by atoms with E-state index in [0.29, 0.717) is 64.0 Å². The van der Waals surface area contributed by atoms with Crippen molar-refractivity contribution >= 4 is 23.4 Å². The van der Waals surface area contributed by atoms with Crippen molar-refractivity contribution in [2.75, 3.05) is 59.0 Å². The molecule has 2 atom stereocenters. The number of nitrogens with zero attached hydrogens (tertiary/aromatic N) is 4. The summed E-state index contributed by atoms with van der Waals surface area (Å²) in [5.74, 6) is -0.234. The lowest BCUT2D eigenvalue weighted by Crippen LogP contribution is -2.53. The number of halogens is 1. The van der Waals surface area contributed by atoms with Crippen molar-refractivity contribution in [1.82, 2.24) is 19.3 Å². The molecule has 0 radical (unpaired) electrons. The van der Waals surface area contributed by atoms with Gasteiger partial charge in [-0.05, 0) is 49.2 Å². The van der Waals surface area contributed by atoms with E-state index in [1.54, 1.807) is 15.5 Å². The van der Waals surface area contributed by atoms with Gasteiger partial charge in [-0.3, -0.25) is 19.3 Å². The first kappa shape index (κ1) is 30.0. The molecule has 2 amide bonds. The minimum Gasteiger partial charge on any atom is -0.378 e. The van der Waals surface area contributed by atoms with Crippen molar-refractivity contribution in [2.24, 2.45) is 0 Å². The highest BCUT2D eigenvalue weighted by Crippen LogP contribution is 2.35. The number of pyridine rings is 1. The average molecular weight is 591 g/mol. The summed E-state index contributed by atoms with van der Waals surface area (Å²) in [6.45, 7) is 10.9. The normalized spacial score (nSPS) is 17.6. The zero-order valence-corrected chi connectivity index (χ0v) is 25.3. The van der Waals surface area contributed by atoms with Gasteiger partial charge in [0.2, 0.25) is 5.91 Å². The number of rotatable bonds is 7. The summed E-state index contributed by atoms with van der Waals surface area (Å²) in [7, 11) is 0. The van der Waals surface area contributed by atoms with Gasteiger partial charge in [-0.2, -0.15) is 0 Å². The summed E-state index contributed by atoms with van der Waals surface area (Å²) in [4.78, 5) is 46.2. The monoisotopic (exact) mass is 590 g/mol. The molecule has 0 N–H and O–H groups in total. The van der Waals surface area contributed by atoms with Gasteiger partial charge < -0.3 is 19.1 Å². The van der Waals surface area contributed by atoms with Gasteiger partial charge in [0.05, 0.1) is 25.8 Å². The molecule has 2 aliphatic rings. The topological polar surface area (TPSA) is 75.1 Å². The Morgan fingerprint density at radius 3 is 2.07 bits per heavy atom. The van der Waals surface area contributed by atoms with E-state index in [9.17, 15) is 14.4 Å². The van der Waals surface area contributed by atoms with Crippen LogP contribution < -0.4 is 5.56 Å². The predicted octanol–water partition coefficient (Wildman–Crippen LogP) is 4.13. The highest BCUT2D eigenvalue weighted by atomic mass is 35.5.